The Morgan fingerprint density at radius 2 is 2.00 bits per heavy atom. The van der Waals surface area contributed by atoms with Crippen molar-refractivity contribution in [2.75, 3.05) is 25.0 Å². The minimum absolute atomic E-state index is 0.0601. The van der Waals surface area contributed by atoms with Gasteiger partial charge in [0.05, 0.1) is 11.5 Å². The number of nitrogens with one attached hydrogen (secondary N) is 1. The summed E-state index contributed by atoms with van der Waals surface area (Å²) in [6.07, 6.45) is 0. The Morgan fingerprint density at radius 1 is 1.27 bits per heavy atom. The number of nitro benzene ring substituents is 1. The van der Waals surface area contributed by atoms with E-state index in [1.807, 2.05) is 35.2 Å². The number of rotatable bonds is 5. The predicted octanol–water partition coefficient (Wildman–Crippen LogP) is 2.61. The summed E-state index contributed by atoms with van der Waals surface area (Å²) in [5, 5.41) is 13.9. The highest BCUT2D eigenvalue weighted by Gasteiger charge is 2.32. The molecule has 2 atom stereocenters. The summed E-state index contributed by atoms with van der Waals surface area (Å²) in [5.41, 5.74) is 7.28. The molecule has 7 nitrogen and oxygen atoms in total. The maximum Gasteiger partial charge on any atom is 0.294 e. The predicted molar refractivity (Wildman–Crippen MR) is 100 cm³/mol. The number of amides is 1. The van der Waals surface area contributed by atoms with Crippen LogP contribution in [0.3, 0.4) is 0 Å². The molecule has 136 valence electrons. The molecule has 0 unspecified atom stereocenters. The van der Waals surface area contributed by atoms with E-state index in [4.69, 9.17) is 17.3 Å². The number of nitrogens with two attached hydrogens (primary N) is 1. The van der Waals surface area contributed by atoms with E-state index in [-0.39, 0.29) is 40.8 Å². The Bertz CT molecular complexity index is 815. The topological polar surface area (TPSA) is 102 Å². The Labute approximate surface area is 155 Å². The monoisotopic (exact) mass is 374 g/mol. The minimum atomic E-state index is -0.571. The Morgan fingerprint density at radius 3 is 2.69 bits per heavy atom. The van der Waals surface area contributed by atoms with Gasteiger partial charge in [-0.05, 0) is 17.7 Å². The van der Waals surface area contributed by atoms with E-state index in [1.54, 1.807) is 0 Å². The van der Waals surface area contributed by atoms with Crippen molar-refractivity contribution < 1.29 is 9.72 Å². The minimum Gasteiger partial charge on any atom is -0.326 e. The first-order chi connectivity index (χ1) is 12.4. The molecular formula is C18H19ClN4O3. The third-order valence-electron chi connectivity index (χ3n) is 4.47. The van der Waals surface area contributed by atoms with E-state index >= 15 is 0 Å². The number of benzene rings is 2. The SMILES string of the molecule is N[C@@H]1CN(CC(=O)Nc2ccc(Cl)cc2[N+](=O)[O-])C[C@H]1c1ccccc1. The molecule has 0 aromatic heterocycles. The van der Waals surface area contributed by atoms with Crippen LogP contribution in [0.5, 0.6) is 0 Å². The van der Waals surface area contributed by atoms with E-state index in [0.717, 1.165) is 5.56 Å². The molecule has 1 aliphatic heterocycles. The van der Waals surface area contributed by atoms with Crippen molar-refractivity contribution in [1.29, 1.82) is 0 Å². The first kappa shape index (κ1) is 18.3. The highest BCUT2D eigenvalue weighted by Crippen LogP contribution is 2.29. The fourth-order valence-corrected chi connectivity index (χ4v) is 3.42. The zero-order valence-corrected chi connectivity index (χ0v) is 14.7. The standard InChI is InChI=1S/C18H19ClN4O3/c19-13-6-7-16(17(8-13)23(25)26)21-18(24)11-22-9-14(15(20)10-22)12-4-2-1-3-5-12/h1-8,14-15H,9-11,20H2,(H,21,24)/t14-,15+/m0/s1. The van der Waals surface area contributed by atoms with Gasteiger partial charge in [-0.15, -0.1) is 0 Å². The number of anilines is 1. The number of hydrogen-bond donors (Lipinski definition) is 2. The molecule has 1 amide bonds. The Kier molecular flexibility index (Phi) is 5.51. The summed E-state index contributed by atoms with van der Waals surface area (Å²) in [7, 11) is 0. The average molecular weight is 375 g/mol. The smallest absolute Gasteiger partial charge is 0.294 e. The van der Waals surface area contributed by atoms with Crippen LogP contribution in [0.15, 0.2) is 48.5 Å². The highest BCUT2D eigenvalue weighted by atomic mass is 35.5. The molecule has 0 spiro atoms. The fraction of sp³-hybridized carbons (Fsp3) is 0.278. The van der Waals surface area contributed by atoms with Gasteiger partial charge in [0, 0.05) is 36.1 Å². The lowest BCUT2D eigenvalue weighted by molar-refractivity contribution is -0.383. The van der Waals surface area contributed by atoms with Crippen LogP contribution in [0.4, 0.5) is 11.4 Å². The van der Waals surface area contributed by atoms with E-state index < -0.39 is 4.92 Å². The first-order valence-corrected chi connectivity index (χ1v) is 8.58. The van der Waals surface area contributed by atoms with Crippen LogP contribution >= 0.6 is 11.6 Å². The summed E-state index contributed by atoms with van der Waals surface area (Å²) in [5.74, 6) is -0.162. The van der Waals surface area contributed by atoms with Crippen molar-refractivity contribution in [3.8, 4) is 0 Å². The third kappa shape index (κ3) is 4.19. The Balaban J connectivity index is 1.64. The molecule has 26 heavy (non-hydrogen) atoms. The van der Waals surface area contributed by atoms with Crippen LogP contribution in [0, 0.1) is 10.1 Å². The molecule has 0 aliphatic carbocycles. The van der Waals surface area contributed by atoms with Crippen LogP contribution in [0.25, 0.3) is 0 Å². The summed E-state index contributed by atoms with van der Waals surface area (Å²) in [6.45, 7) is 1.38. The van der Waals surface area contributed by atoms with Gasteiger partial charge < -0.3 is 11.1 Å². The van der Waals surface area contributed by atoms with Crippen LogP contribution in [0.1, 0.15) is 11.5 Å². The van der Waals surface area contributed by atoms with E-state index in [2.05, 4.69) is 5.32 Å². The lowest BCUT2D eigenvalue weighted by Gasteiger charge is -2.16. The maximum absolute atomic E-state index is 12.3. The molecule has 0 bridgehead atoms. The van der Waals surface area contributed by atoms with Gasteiger partial charge >= 0.3 is 0 Å². The van der Waals surface area contributed by atoms with Gasteiger partial charge in [-0.2, -0.15) is 0 Å². The lowest BCUT2D eigenvalue weighted by Crippen LogP contribution is -2.33. The van der Waals surface area contributed by atoms with Crippen molar-refractivity contribution in [1.82, 2.24) is 4.90 Å². The summed E-state index contributed by atoms with van der Waals surface area (Å²) in [4.78, 5) is 24.8. The van der Waals surface area contributed by atoms with Gasteiger partial charge in [0.2, 0.25) is 5.91 Å². The van der Waals surface area contributed by atoms with Gasteiger partial charge in [-0.1, -0.05) is 41.9 Å². The van der Waals surface area contributed by atoms with E-state index in [1.165, 1.54) is 18.2 Å². The second-order valence-corrected chi connectivity index (χ2v) is 6.78. The highest BCUT2D eigenvalue weighted by molar-refractivity contribution is 6.31. The molecule has 3 N–H and O–H groups in total. The van der Waals surface area contributed by atoms with E-state index in [9.17, 15) is 14.9 Å². The van der Waals surface area contributed by atoms with Crippen molar-refractivity contribution in [3.05, 3.63) is 69.2 Å². The second-order valence-electron chi connectivity index (χ2n) is 6.34. The average Bonchev–Trinajstić information content (AvgIpc) is 2.97. The fourth-order valence-electron chi connectivity index (χ4n) is 3.25. The molecular weight excluding hydrogens is 356 g/mol. The lowest BCUT2D eigenvalue weighted by atomic mass is 9.95. The van der Waals surface area contributed by atoms with Crippen molar-refractivity contribution >= 4 is 28.9 Å². The summed E-state index contributed by atoms with van der Waals surface area (Å²) in [6, 6.07) is 14.0. The van der Waals surface area contributed by atoms with Gasteiger partial charge in [-0.25, -0.2) is 0 Å². The first-order valence-electron chi connectivity index (χ1n) is 8.20. The number of likely N-dealkylation sites (tertiary alicyclic amines) is 1. The van der Waals surface area contributed by atoms with Crippen LogP contribution in [-0.2, 0) is 4.79 Å². The molecule has 1 fully saturated rings. The number of nitrogens with zero attached hydrogens (tertiary/aromatic N) is 2. The van der Waals surface area contributed by atoms with Gasteiger partial charge in [0.25, 0.3) is 5.69 Å². The molecule has 2 aromatic carbocycles. The molecule has 0 radical (unpaired) electrons. The van der Waals surface area contributed by atoms with Gasteiger partial charge in [-0.3, -0.25) is 19.8 Å². The largest absolute Gasteiger partial charge is 0.326 e. The summed E-state index contributed by atoms with van der Waals surface area (Å²) >= 11 is 5.79. The molecule has 1 saturated heterocycles. The molecule has 1 aliphatic rings. The van der Waals surface area contributed by atoms with Crippen LogP contribution in [-0.4, -0.2) is 41.4 Å². The quantitative estimate of drug-likeness (QED) is 0.618. The van der Waals surface area contributed by atoms with Crippen molar-refractivity contribution in [3.63, 3.8) is 0 Å². The van der Waals surface area contributed by atoms with Crippen LogP contribution in [0.2, 0.25) is 5.02 Å². The van der Waals surface area contributed by atoms with Gasteiger partial charge in [0.1, 0.15) is 5.69 Å². The van der Waals surface area contributed by atoms with Crippen molar-refractivity contribution in [2.45, 2.75) is 12.0 Å². The Hall–Kier alpha value is -2.48. The summed E-state index contributed by atoms with van der Waals surface area (Å²) < 4.78 is 0. The molecule has 3 rings (SSSR count). The normalized spacial score (nSPS) is 20.1. The zero-order valence-electron chi connectivity index (χ0n) is 14.0. The number of carbonyl (C=O) groups is 1. The van der Waals surface area contributed by atoms with Crippen LogP contribution < -0.4 is 11.1 Å². The maximum atomic E-state index is 12.3. The zero-order chi connectivity index (χ0) is 18.7. The number of hydrogen-bond acceptors (Lipinski definition) is 5. The second kappa shape index (κ2) is 7.82. The van der Waals surface area contributed by atoms with Crippen molar-refractivity contribution in [2.24, 2.45) is 5.73 Å². The molecule has 8 heteroatoms. The van der Waals surface area contributed by atoms with Gasteiger partial charge in [0.15, 0.2) is 0 Å². The third-order valence-corrected chi connectivity index (χ3v) is 4.70. The number of carbonyl (C=O) groups excluding carboxylic acids is 1. The molecule has 0 saturated carbocycles. The van der Waals surface area contributed by atoms with E-state index in [0.29, 0.717) is 13.1 Å². The number of nitro groups is 1. The molecule has 1 heterocycles. The number of halogens is 1. The molecule has 2 aromatic rings.